The number of benzene rings is 1. The Labute approximate surface area is 123 Å². The third-order valence-electron chi connectivity index (χ3n) is 3.53. The summed E-state index contributed by atoms with van der Waals surface area (Å²) in [4.78, 5) is -0.335. The summed E-state index contributed by atoms with van der Waals surface area (Å²) in [6.07, 6.45) is 5.71. The normalized spacial score (nSPS) is 23.7. The first-order valence-electron chi connectivity index (χ1n) is 6.52. The molecule has 2 atom stereocenters. The van der Waals surface area contributed by atoms with E-state index in [4.69, 9.17) is 5.73 Å². The molecule has 0 aliphatic heterocycles. The van der Waals surface area contributed by atoms with Gasteiger partial charge in [0, 0.05) is 17.0 Å². The summed E-state index contributed by atoms with van der Waals surface area (Å²) in [6, 6.07) is 3.51. The molecule has 112 valence electrons. The predicted molar refractivity (Wildman–Crippen MR) is 80.7 cm³/mol. The van der Waals surface area contributed by atoms with Crippen LogP contribution in [0.15, 0.2) is 23.1 Å². The summed E-state index contributed by atoms with van der Waals surface area (Å²) in [5.41, 5.74) is 5.64. The number of nitrogens with two attached hydrogens (primary N) is 1. The molecule has 2 unspecified atom stereocenters. The highest BCUT2D eigenvalue weighted by atomic mass is 32.2. The first kappa shape index (κ1) is 15.6. The minimum atomic E-state index is -3.83. The molecule has 1 aromatic rings. The lowest BCUT2D eigenvalue weighted by atomic mass is 9.96. The molecule has 1 aliphatic rings. The second kappa shape index (κ2) is 6.32. The Morgan fingerprint density at radius 3 is 2.80 bits per heavy atom. The average Bonchev–Trinajstić information content (AvgIpc) is 2.37. The van der Waals surface area contributed by atoms with E-state index in [1.165, 1.54) is 12.1 Å². The van der Waals surface area contributed by atoms with Crippen molar-refractivity contribution in [3.05, 3.63) is 24.0 Å². The maximum atomic E-state index is 13.7. The zero-order valence-electron chi connectivity index (χ0n) is 11.3. The Bertz CT molecular complexity index is 578. The van der Waals surface area contributed by atoms with Gasteiger partial charge in [0.05, 0.1) is 0 Å². The summed E-state index contributed by atoms with van der Waals surface area (Å²) in [5.74, 6) is -0.810. The molecule has 1 saturated carbocycles. The van der Waals surface area contributed by atoms with Crippen LogP contribution in [0.1, 0.15) is 25.7 Å². The van der Waals surface area contributed by atoms with Crippen LogP contribution >= 0.6 is 11.8 Å². The minimum absolute atomic E-state index is 0.122. The fourth-order valence-corrected chi connectivity index (χ4v) is 4.65. The molecular formula is C13H19FN2O2S2. The molecule has 0 bridgehead atoms. The molecule has 7 heteroatoms. The Kier molecular flexibility index (Phi) is 4.93. The molecule has 1 aromatic carbocycles. The summed E-state index contributed by atoms with van der Waals surface area (Å²) in [6.45, 7) is 0. The van der Waals surface area contributed by atoms with Crippen LogP contribution in [0.4, 0.5) is 10.1 Å². The number of nitrogens with one attached hydrogen (secondary N) is 1. The lowest BCUT2D eigenvalue weighted by Crippen LogP contribution is -2.39. The van der Waals surface area contributed by atoms with Crippen molar-refractivity contribution in [3.63, 3.8) is 0 Å². The Morgan fingerprint density at radius 1 is 1.40 bits per heavy atom. The van der Waals surface area contributed by atoms with Crippen molar-refractivity contribution in [1.29, 1.82) is 0 Å². The first-order chi connectivity index (χ1) is 9.42. The zero-order valence-corrected chi connectivity index (χ0v) is 12.9. The number of hydrogen-bond acceptors (Lipinski definition) is 4. The summed E-state index contributed by atoms with van der Waals surface area (Å²) >= 11 is 1.75. The van der Waals surface area contributed by atoms with E-state index in [2.05, 4.69) is 4.72 Å². The molecule has 2 rings (SSSR count). The topological polar surface area (TPSA) is 72.2 Å². The van der Waals surface area contributed by atoms with E-state index in [9.17, 15) is 12.8 Å². The summed E-state index contributed by atoms with van der Waals surface area (Å²) in [5, 5.41) is 0.465. The molecule has 1 aliphatic carbocycles. The zero-order chi connectivity index (χ0) is 14.8. The van der Waals surface area contributed by atoms with Crippen LogP contribution in [0.2, 0.25) is 0 Å². The summed E-state index contributed by atoms with van der Waals surface area (Å²) < 4.78 is 40.8. The average molecular weight is 318 g/mol. The van der Waals surface area contributed by atoms with Gasteiger partial charge in [0.15, 0.2) is 0 Å². The molecule has 0 saturated heterocycles. The largest absolute Gasteiger partial charge is 0.399 e. The second-order valence-electron chi connectivity index (χ2n) is 5.03. The molecule has 3 N–H and O–H groups in total. The Balaban J connectivity index is 2.14. The van der Waals surface area contributed by atoms with Crippen LogP contribution in [0, 0.1) is 5.82 Å². The molecule has 20 heavy (non-hydrogen) atoms. The smallest absolute Gasteiger partial charge is 0.243 e. The molecular weight excluding hydrogens is 299 g/mol. The van der Waals surface area contributed by atoms with Crippen molar-refractivity contribution in [3.8, 4) is 0 Å². The van der Waals surface area contributed by atoms with Crippen molar-refractivity contribution in [2.45, 2.75) is 41.9 Å². The lowest BCUT2D eigenvalue weighted by molar-refractivity contribution is 0.420. The molecule has 0 heterocycles. The van der Waals surface area contributed by atoms with E-state index in [0.717, 1.165) is 31.7 Å². The quantitative estimate of drug-likeness (QED) is 0.836. The number of hydrogen-bond donors (Lipinski definition) is 2. The Morgan fingerprint density at radius 2 is 2.15 bits per heavy atom. The van der Waals surface area contributed by atoms with Crippen molar-refractivity contribution in [1.82, 2.24) is 4.72 Å². The first-order valence-corrected chi connectivity index (χ1v) is 9.29. The van der Waals surface area contributed by atoms with Crippen LogP contribution in [0.25, 0.3) is 0 Å². The van der Waals surface area contributed by atoms with Gasteiger partial charge in [-0.1, -0.05) is 6.42 Å². The van der Waals surface area contributed by atoms with Crippen LogP contribution in [-0.4, -0.2) is 26.0 Å². The van der Waals surface area contributed by atoms with Gasteiger partial charge in [-0.25, -0.2) is 17.5 Å². The van der Waals surface area contributed by atoms with Gasteiger partial charge in [-0.05, 0) is 43.7 Å². The van der Waals surface area contributed by atoms with Crippen molar-refractivity contribution in [2.75, 3.05) is 12.0 Å². The van der Waals surface area contributed by atoms with Gasteiger partial charge >= 0.3 is 0 Å². The van der Waals surface area contributed by atoms with Crippen molar-refractivity contribution >= 4 is 27.5 Å². The fraction of sp³-hybridized carbons (Fsp3) is 0.538. The lowest BCUT2D eigenvalue weighted by Gasteiger charge is -2.28. The van der Waals surface area contributed by atoms with Gasteiger partial charge in [0.1, 0.15) is 10.7 Å². The van der Waals surface area contributed by atoms with Gasteiger partial charge in [-0.2, -0.15) is 11.8 Å². The van der Waals surface area contributed by atoms with Gasteiger partial charge in [-0.3, -0.25) is 0 Å². The Hall–Kier alpha value is -0.790. The summed E-state index contributed by atoms with van der Waals surface area (Å²) in [7, 11) is -3.83. The highest BCUT2D eigenvalue weighted by Gasteiger charge is 2.27. The number of nitrogen functional groups attached to an aromatic ring is 1. The molecule has 0 spiro atoms. The van der Waals surface area contributed by atoms with Crippen molar-refractivity contribution < 1.29 is 12.8 Å². The SMILES string of the molecule is CSC1CCCC(NS(=O)(=O)c2ccc(N)cc2F)C1. The van der Waals surface area contributed by atoms with Gasteiger partial charge in [0.25, 0.3) is 0 Å². The number of sulfonamides is 1. The molecule has 4 nitrogen and oxygen atoms in total. The van der Waals surface area contributed by atoms with Crippen molar-refractivity contribution in [2.24, 2.45) is 0 Å². The fourth-order valence-electron chi connectivity index (χ4n) is 2.48. The number of halogens is 1. The standard InChI is InChI=1S/C13H19FN2O2S2/c1-19-11-4-2-3-10(8-11)16-20(17,18)13-6-5-9(15)7-12(13)14/h5-7,10-11,16H,2-4,8,15H2,1H3. The third-order valence-corrected chi connectivity index (χ3v) is 6.18. The number of anilines is 1. The van der Waals surface area contributed by atoms with Gasteiger partial charge in [-0.15, -0.1) is 0 Å². The maximum absolute atomic E-state index is 13.7. The third kappa shape index (κ3) is 3.65. The molecule has 0 amide bonds. The van der Waals surface area contributed by atoms with E-state index in [-0.39, 0.29) is 16.6 Å². The van der Waals surface area contributed by atoms with Gasteiger partial charge in [0.2, 0.25) is 10.0 Å². The van der Waals surface area contributed by atoms with E-state index in [1.54, 1.807) is 11.8 Å². The monoisotopic (exact) mass is 318 g/mol. The molecule has 1 fully saturated rings. The van der Waals surface area contributed by atoms with Gasteiger partial charge < -0.3 is 5.73 Å². The van der Waals surface area contributed by atoms with Crippen LogP contribution in [0.5, 0.6) is 0 Å². The molecule has 0 radical (unpaired) electrons. The van der Waals surface area contributed by atoms with E-state index < -0.39 is 15.8 Å². The highest BCUT2D eigenvalue weighted by molar-refractivity contribution is 7.99. The van der Waals surface area contributed by atoms with Crippen LogP contribution < -0.4 is 10.5 Å². The van der Waals surface area contributed by atoms with E-state index in [1.807, 2.05) is 6.26 Å². The maximum Gasteiger partial charge on any atom is 0.243 e. The molecule has 0 aromatic heterocycles. The second-order valence-corrected chi connectivity index (χ2v) is 7.85. The van der Waals surface area contributed by atoms with E-state index >= 15 is 0 Å². The van der Waals surface area contributed by atoms with Crippen LogP contribution in [-0.2, 0) is 10.0 Å². The highest BCUT2D eigenvalue weighted by Crippen LogP contribution is 2.28. The minimum Gasteiger partial charge on any atom is -0.399 e. The number of thioether (sulfide) groups is 1. The predicted octanol–water partition coefficient (Wildman–Crippen LogP) is 2.36. The van der Waals surface area contributed by atoms with E-state index in [0.29, 0.717) is 5.25 Å². The number of rotatable bonds is 4. The van der Waals surface area contributed by atoms with Crippen LogP contribution in [0.3, 0.4) is 0 Å².